The minimum atomic E-state index is -1.54. The Bertz CT molecular complexity index is 886. The van der Waals surface area contributed by atoms with Crippen molar-refractivity contribution in [3.63, 3.8) is 0 Å². The van der Waals surface area contributed by atoms with Gasteiger partial charge in [0.05, 0.1) is 27.1 Å². The van der Waals surface area contributed by atoms with Crippen LogP contribution in [0.4, 0.5) is 13.2 Å². The molecule has 0 N–H and O–H groups in total. The third kappa shape index (κ3) is 3.58. The molecule has 1 unspecified atom stereocenters. The molecule has 1 heterocycles. The topological polar surface area (TPSA) is 48.0 Å². The van der Waals surface area contributed by atoms with Gasteiger partial charge in [-0.3, -0.25) is 4.79 Å². The summed E-state index contributed by atoms with van der Waals surface area (Å²) < 4.78 is 56.5. The first-order chi connectivity index (χ1) is 13.4. The summed E-state index contributed by atoms with van der Waals surface area (Å²) >= 11 is 1.34. The Balaban J connectivity index is 1.99. The van der Waals surface area contributed by atoms with Gasteiger partial charge in [0, 0.05) is 12.1 Å². The number of hydrogen-bond donors (Lipinski definition) is 0. The Hall–Kier alpha value is -2.55. The van der Waals surface area contributed by atoms with Gasteiger partial charge in [-0.05, 0) is 29.8 Å². The number of methoxy groups -OCH3 is 3. The van der Waals surface area contributed by atoms with E-state index in [0.29, 0.717) is 22.8 Å². The molecule has 150 valence electrons. The average Bonchev–Trinajstić information content (AvgIpc) is 3.04. The number of halogens is 3. The highest BCUT2D eigenvalue weighted by atomic mass is 32.2. The van der Waals surface area contributed by atoms with Crippen LogP contribution in [0, 0.1) is 17.5 Å². The summed E-state index contributed by atoms with van der Waals surface area (Å²) in [5.41, 5.74) is 0.802. The monoisotopic (exact) mass is 413 g/mol. The summed E-state index contributed by atoms with van der Waals surface area (Å²) in [5, 5.41) is -0.474. The molecule has 0 aromatic heterocycles. The quantitative estimate of drug-likeness (QED) is 0.673. The fourth-order valence-electron chi connectivity index (χ4n) is 3.10. The van der Waals surface area contributed by atoms with E-state index in [0.717, 1.165) is 12.1 Å². The Labute approximate surface area is 164 Å². The van der Waals surface area contributed by atoms with E-state index in [2.05, 4.69) is 0 Å². The molecule has 2 aromatic rings. The van der Waals surface area contributed by atoms with Crippen LogP contribution in [0.1, 0.15) is 16.5 Å². The third-order valence-electron chi connectivity index (χ3n) is 4.37. The third-order valence-corrected chi connectivity index (χ3v) is 5.60. The summed E-state index contributed by atoms with van der Waals surface area (Å²) in [4.78, 5) is 13.9. The lowest BCUT2D eigenvalue weighted by Gasteiger charge is -2.26. The van der Waals surface area contributed by atoms with Crippen molar-refractivity contribution in [3.05, 3.63) is 52.8 Å². The predicted octanol–water partition coefficient (Wildman–Crippen LogP) is 3.90. The van der Waals surface area contributed by atoms with Crippen molar-refractivity contribution in [3.8, 4) is 17.2 Å². The summed E-state index contributed by atoms with van der Waals surface area (Å²) in [5.74, 6) is -2.91. The molecule has 0 aliphatic carbocycles. The highest BCUT2D eigenvalue weighted by Gasteiger charge is 2.36. The van der Waals surface area contributed by atoms with E-state index in [1.165, 1.54) is 38.0 Å². The fourth-order valence-corrected chi connectivity index (χ4v) is 4.30. The molecule has 0 bridgehead atoms. The highest BCUT2D eigenvalue weighted by molar-refractivity contribution is 8.00. The van der Waals surface area contributed by atoms with Crippen molar-refractivity contribution in [2.45, 2.75) is 11.9 Å². The molecule has 2 aromatic carbocycles. The number of carbonyl (C=O) groups is 1. The Morgan fingerprint density at radius 2 is 1.68 bits per heavy atom. The van der Waals surface area contributed by atoms with Crippen molar-refractivity contribution < 1.29 is 32.2 Å². The van der Waals surface area contributed by atoms with Gasteiger partial charge in [0.25, 0.3) is 0 Å². The van der Waals surface area contributed by atoms with E-state index >= 15 is 0 Å². The maximum absolute atomic E-state index is 13.6. The summed E-state index contributed by atoms with van der Waals surface area (Å²) in [6.07, 6.45) is 0. The Morgan fingerprint density at radius 1 is 1.04 bits per heavy atom. The molecule has 3 rings (SSSR count). The number of hydrogen-bond acceptors (Lipinski definition) is 5. The first kappa shape index (κ1) is 20.2. The number of carbonyl (C=O) groups excluding carboxylic acids is 1. The molecule has 1 aliphatic rings. The first-order valence-corrected chi connectivity index (χ1v) is 9.29. The molecule has 0 spiro atoms. The smallest absolute Gasteiger partial charge is 0.234 e. The number of ether oxygens (including phenoxy) is 3. The lowest BCUT2D eigenvalue weighted by atomic mass is 10.1. The maximum Gasteiger partial charge on any atom is 0.234 e. The molecule has 28 heavy (non-hydrogen) atoms. The second kappa shape index (κ2) is 8.22. The fraction of sp³-hybridized carbons (Fsp3) is 0.316. The van der Waals surface area contributed by atoms with Crippen molar-refractivity contribution in [1.82, 2.24) is 4.90 Å². The van der Waals surface area contributed by atoms with Gasteiger partial charge in [0.15, 0.2) is 29.0 Å². The molecule has 0 saturated carbocycles. The summed E-state index contributed by atoms with van der Waals surface area (Å²) in [6, 6.07) is 5.21. The van der Waals surface area contributed by atoms with Gasteiger partial charge in [-0.1, -0.05) is 0 Å². The summed E-state index contributed by atoms with van der Waals surface area (Å²) in [6.45, 7) is -0.0812. The number of rotatable bonds is 6. The van der Waals surface area contributed by atoms with Crippen molar-refractivity contribution >= 4 is 17.7 Å². The van der Waals surface area contributed by atoms with Crippen LogP contribution in [-0.2, 0) is 11.3 Å². The zero-order valence-corrected chi connectivity index (χ0v) is 16.2. The van der Waals surface area contributed by atoms with E-state index in [1.807, 2.05) is 0 Å². The van der Waals surface area contributed by atoms with Gasteiger partial charge in [0.1, 0.15) is 5.37 Å². The lowest BCUT2D eigenvalue weighted by Crippen LogP contribution is -2.28. The number of nitrogens with zero attached hydrogens (tertiary/aromatic N) is 1. The average molecular weight is 413 g/mol. The largest absolute Gasteiger partial charge is 0.493 e. The molecule has 1 atom stereocenters. The Morgan fingerprint density at radius 3 is 2.25 bits per heavy atom. The van der Waals surface area contributed by atoms with E-state index < -0.39 is 22.8 Å². The van der Waals surface area contributed by atoms with Gasteiger partial charge in [-0.2, -0.15) is 0 Å². The molecule has 0 radical (unpaired) electrons. The molecule has 1 aliphatic heterocycles. The molecular formula is C19H18F3NO4S. The van der Waals surface area contributed by atoms with Crippen LogP contribution in [0.25, 0.3) is 0 Å². The van der Waals surface area contributed by atoms with Gasteiger partial charge >= 0.3 is 0 Å². The number of amides is 1. The standard InChI is InChI=1S/C19H18F3NO4S/c1-25-14-5-4-11(17(26-2)18(14)27-3)19-23(15(24)9-28-19)8-10-6-12(20)16(22)13(21)7-10/h4-7,19H,8-9H2,1-3H3. The zero-order valence-electron chi connectivity index (χ0n) is 15.4. The van der Waals surface area contributed by atoms with Crippen LogP contribution >= 0.6 is 11.8 Å². The molecule has 1 amide bonds. The van der Waals surface area contributed by atoms with Crippen LogP contribution < -0.4 is 14.2 Å². The Kier molecular flexibility index (Phi) is 5.93. The minimum absolute atomic E-state index is 0.0812. The van der Waals surface area contributed by atoms with E-state index in [4.69, 9.17) is 14.2 Å². The summed E-state index contributed by atoms with van der Waals surface area (Å²) in [7, 11) is 4.44. The SMILES string of the molecule is COc1ccc(C2SCC(=O)N2Cc2cc(F)c(F)c(F)c2)c(OC)c1OC. The number of thioether (sulfide) groups is 1. The van der Waals surface area contributed by atoms with E-state index in [-0.39, 0.29) is 23.8 Å². The van der Waals surface area contributed by atoms with Gasteiger partial charge in [0.2, 0.25) is 11.7 Å². The van der Waals surface area contributed by atoms with Crippen LogP contribution in [-0.4, -0.2) is 37.9 Å². The van der Waals surface area contributed by atoms with Crippen molar-refractivity contribution in [2.75, 3.05) is 27.1 Å². The zero-order chi connectivity index (χ0) is 20.4. The van der Waals surface area contributed by atoms with Crippen LogP contribution in [0.15, 0.2) is 24.3 Å². The molecular weight excluding hydrogens is 395 g/mol. The van der Waals surface area contributed by atoms with Crippen LogP contribution in [0.5, 0.6) is 17.2 Å². The molecule has 5 nitrogen and oxygen atoms in total. The second-order valence-electron chi connectivity index (χ2n) is 5.98. The van der Waals surface area contributed by atoms with Crippen LogP contribution in [0.3, 0.4) is 0 Å². The normalized spacial score (nSPS) is 16.4. The van der Waals surface area contributed by atoms with Gasteiger partial charge in [-0.15, -0.1) is 11.8 Å². The van der Waals surface area contributed by atoms with Crippen LogP contribution in [0.2, 0.25) is 0 Å². The van der Waals surface area contributed by atoms with Crippen molar-refractivity contribution in [2.24, 2.45) is 0 Å². The maximum atomic E-state index is 13.6. The predicted molar refractivity (Wildman–Crippen MR) is 98.2 cm³/mol. The van der Waals surface area contributed by atoms with E-state index in [1.54, 1.807) is 12.1 Å². The molecule has 9 heteroatoms. The second-order valence-corrected chi connectivity index (χ2v) is 7.05. The van der Waals surface area contributed by atoms with Gasteiger partial charge in [-0.25, -0.2) is 13.2 Å². The van der Waals surface area contributed by atoms with Crippen molar-refractivity contribution in [1.29, 1.82) is 0 Å². The first-order valence-electron chi connectivity index (χ1n) is 8.24. The van der Waals surface area contributed by atoms with Gasteiger partial charge < -0.3 is 19.1 Å². The molecule has 1 saturated heterocycles. The number of benzene rings is 2. The highest BCUT2D eigenvalue weighted by Crippen LogP contribution is 2.49. The van der Waals surface area contributed by atoms with E-state index in [9.17, 15) is 18.0 Å². The molecule has 1 fully saturated rings. The minimum Gasteiger partial charge on any atom is -0.493 e. The lowest BCUT2D eigenvalue weighted by molar-refractivity contribution is -0.128.